The third kappa shape index (κ3) is 6.43. The second kappa shape index (κ2) is 10.2. The second-order valence-electron chi connectivity index (χ2n) is 5.73. The Morgan fingerprint density at radius 3 is 2.30 bits per heavy atom. The molecule has 0 aliphatic rings. The average molecular weight is 410 g/mol. The Bertz CT molecular complexity index is 815. The summed E-state index contributed by atoms with van der Waals surface area (Å²) in [5, 5.41) is 6.31. The van der Waals surface area contributed by atoms with Gasteiger partial charge in [0.15, 0.2) is 0 Å². The number of rotatable bonds is 8. The number of halogens is 2. The Kier molecular flexibility index (Phi) is 7.91. The minimum Gasteiger partial charge on any atom is -0.495 e. The van der Waals surface area contributed by atoms with Gasteiger partial charge < -0.3 is 15.4 Å². The average Bonchev–Trinajstić information content (AvgIpc) is 2.64. The van der Waals surface area contributed by atoms with Gasteiger partial charge in [0.1, 0.15) is 5.75 Å². The number of carbonyl (C=O) groups excluding carboxylic acids is 2. The minimum absolute atomic E-state index is 0.0656. The van der Waals surface area contributed by atoms with Crippen molar-refractivity contribution in [2.24, 2.45) is 0 Å². The molecule has 0 saturated carbocycles. The number of methoxy groups -OCH3 is 1. The SMILES string of the molecule is CCN(CC(=O)Nc1ccc(Cl)c(Cl)c1)CC(=O)Nc1ccccc1OC. The number of nitrogens with zero attached hydrogens (tertiary/aromatic N) is 1. The zero-order valence-corrected chi connectivity index (χ0v) is 16.6. The third-order valence-corrected chi connectivity index (χ3v) is 4.51. The highest BCUT2D eigenvalue weighted by Crippen LogP contribution is 2.25. The van der Waals surface area contributed by atoms with Crippen molar-refractivity contribution in [3.8, 4) is 5.75 Å². The van der Waals surface area contributed by atoms with Crippen LogP contribution in [0.2, 0.25) is 10.0 Å². The molecule has 0 radical (unpaired) electrons. The monoisotopic (exact) mass is 409 g/mol. The van der Waals surface area contributed by atoms with Crippen molar-refractivity contribution < 1.29 is 14.3 Å². The Balaban J connectivity index is 1.91. The zero-order valence-electron chi connectivity index (χ0n) is 15.1. The Labute approximate surface area is 168 Å². The van der Waals surface area contributed by atoms with E-state index in [2.05, 4.69) is 10.6 Å². The number of ether oxygens (including phenoxy) is 1. The highest BCUT2D eigenvalue weighted by Gasteiger charge is 2.15. The topological polar surface area (TPSA) is 70.7 Å². The van der Waals surface area contributed by atoms with E-state index in [1.807, 2.05) is 13.0 Å². The van der Waals surface area contributed by atoms with E-state index in [1.54, 1.807) is 41.3 Å². The molecule has 144 valence electrons. The number of likely N-dealkylation sites (N-methyl/N-ethyl adjacent to an activating group) is 1. The van der Waals surface area contributed by atoms with E-state index in [0.29, 0.717) is 33.7 Å². The maximum Gasteiger partial charge on any atom is 0.238 e. The Morgan fingerprint density at radius 1 is 1.00 bits per heavy atom. The van der Waals surface area contributed by atoms with Crippen LogP contribution in [0.15, 0.2) is 42.5 Å². The molecular formula is C19H21Cl2N3O3. The van der Waals surface area contributed by atoms with Gasteiger partial charge in [-0.25, -0.2) is 0 Å². The van der Waals surface area contributed by atoms with E-state index in [0.717, 1.165) is 0 Å². The van der Waals surface area contributed by atoms with Crippen LogP contribution in [0, 0.1) is 0 Å². The molecule has 0 unspecified atom stereocenters. The lowest BCUT2D eigenvalue weighted by Crippen LogP contribution is -2.38. The van der Waals surface area contributed by atoms with E-state index >= 15 is 0 Å². The number of carbonyl (C=O) groups is 2. The Morgan fingerprint density at radius 2 is 1.67 bits per heavy atom. The van der Waals surface area contributed by atoms with E-state index in [9.17, 15) is 9.59 Å². The fourth-order valence-electron chi connectivity index (χ4n) is 2.40. The summed E-state index contributed by atoms with van der Waals surface area (Å²) in [7, 11) is 1.54. The molecule has 0 aromatic heterocycles. The molecule has 0 aliphatic heterocycles. The predicted octanol–water partition coefficient (Wildman–Crippen LogP) is 3.90. The first kappa shape index (κ1) is 21.0. The molecule has 0 heterocycles. The van der Waals surface area contributed by atoms with Crippen molar-refractivity contribution in [2.75, 3.05) is 37.4 Å². The molecule has 0 bridgehead atoms. The molecule has 0 saturated heterocycles. The summed E-state index contributed by atoms with van der Waals surface area (Å²) in [6.45, 7) is 2.55. The van der Waals surface area contributed by atoms with Gasteiger partial charge in [-0.05, 0) is 36.9 Å². The maximum atomic E-state index is 12.3. The van der Waals surface area contributed by atoms with Crippen molar-refractivity contribution in [1.29, 1.82) is 0 Å². The lowest BCUT2D eigenvalue weighted by atomic mass is 10.3. The van der Waals surface area contributed by atoms with Crippen molar-refractivity contribution >= 4 is 46.4 Å². The summed E-state index contributed by atoms with van der Waals surface area (Å²) in [5.41, 5.74) is 1.13. The van der Waals surface area contributed by atoms with Gasteiger partial charge in [-0.15, -0.1) is 0 Å². The molecule has 0 aliphatic carbocycles. The number of nitrogens with one attached hydrogen (secondary N) is 2. The van der Waals surface area contributed by atoms with E-state index in [1.165, 1.54) is 7.11 Å². The molecule has 6 nitrogen and oxygen atoms in total. The number of para-hydroxylation sites is 2. The van der Waals surface area contributed by atoms with E-state index in [-0.39, 0.29) is 24.9 Å². The van der Waals surface area contributed by atoms with Gasteiger partial charge in [0.2, 0.25) is 11.8 Å². The molecule has 2 rings (SSSR count). The van der Waals surface area contributed by atoms with Crippen LogP contribution in [-0.4, -0.2) is 43.5 Å². The summed E-state index contributed by atoms with van der Waals surface area (Å²) >= 11 is 11.8. The molecule has 0 fully saturated rings. The fraction of sp³-hybridized carbons (Fsp3) is 0.263. The molecular weight excluding hydrogens is 389 g/mol. The van der Waals surface area contributed by atoms with Gasteiger partial charge in [0.25, 0.3) is 0 Å². The second-order valence-corrected chi connectivity index (χ2v) is 6.54. The van der Waals surface area contributed by atoms with Crippen molar-refractivity contribution in [1.82, 2.24) is 4.90 Å². The van der Waals surface area contributed by atoms with Gasteiger partial charge in [-0.1, -0.05) is 42.3 Å². The van der Waals surface area contributed by atoms with Crippen LogP contribution in [0.4, 0.5) is 11.4 Å². The van der Waals surface area contributed by atoms with Crippen molar-refractivity contribution in [3.63, 3.8) is 0 Å². The normalized spacial score (nSPS) is 10.6. The van der Waals surface area contributed by atoms with Crippen molar-refractivity contribution in [3.05, 3.63) is 52.5 Å². The summed E-state index contributed by atoms with van der Waals surface area (Å²) in [4.78, 5) is 26.3. The smallest absolute Gasteiger partial charge is 0.238 e. The lowest BCUT2D eigenvalue weighted by molar-refractivity contribution is -0.119. The lowest BCUT2D eigenvalue weighted by Gasteiger charge is -2.20. The van der Waals surface area contributed by atoms with E-state index in [4.69, 9.17) is 27.9 Å². The Hall–Kier alpha value is -2.28. The molecule has 2 amide bonds. The molecule has 0 spiro atoms. The first-order chi connectivity index (χ1) is 12.9. The molecule has 0 atom stereocenters. The quantitative estimate of drug-likeness (QED) is 0.693. The largest absolute Gasteiger partial charge is 0.495 e. The summed E-state index contributed by atoms with van der Waals surface area (Å²) in [6.07, 6.45) is 0. The number of anilines is 2. The highest BCUT2D eigenvalue weighted by molar-refractivity contribution is 6.42. The van der Waals surface area contributed by atoms with E-state index < -0.39 is 0 Å². The van der Waals surface area contributed by atoms with Crippen LogP contribution in [-0.2, 0) is 9.59 Å². The number of amides is 2. The minimum atomic E-state index is -0.250. The highest BCUT2D eigenvalue weighted by atomic mass is 35.5. The van der Waals surface area contributed by atoms with Gasteiger partial charge in [0.05, 0.1) is 35.9 Å². The summed E-state index contributed by atoms with van der Waals surface area (Å²) in [5.74, 6) is 0.0928. The molecule has 8 heteroatoms. The van der Waals surface area contributed by atoms with Crippen LogP contribution >= 0.6 is 23.2 Å². The number of hydrogen-bond donors (Lipinski definition) is 2. The fourth-order valence-corrected chi connectivity index (χ4v) is 2.70. The zero-order chi connectivity index (χ0) is 19.8. The molecule has 27 heavy (non-hydrogen) atoms. The van der Waals surface area contributed by atoms with Crippen LogP contribution < -0.4 is 15.4 Å². The number of benzene rings is 2. The van der Waals surface area contributed by atoms with Gasteiger partial charge in [-0.2, -0.15) is 0 Å². The van der Waals surface area contributed by atoms with Crippen LogP contribution in [0.25, 0.3) is 0 Å². The first-order valence-corrected chi connectivity index (χ1v) is 9.08. The van der Waals surface area contributed by atoms with Crippen LogP contribution in [0.1, 0.15) is 6.92 Å². The molecule has 2 N–H and O–H groups in total. The molecule has 2 aromatic rings. The van der Waals surface area contributed by atoms with Crippen LogP contribution in [0.3, 0.4) is 0 Å². The first-order valence-electron chi connectivity index (χ1n) is 8.33. The van der Waals surface area contributed by atoms with Gasteiger partial charge in [-0.3, -0.25) is 14.5 Å². The number of hydrogen-bond acceptors (Lipinski definition) is 4. The van der Waals surface area contributed by atoms with Gasteiger partial charge in [0, 0.05) is 5.69 Å². The third-order valence-electron chi connectivity index (χ3n) is 3.77. The predicted molar refractivity (Wildman–Crippen MR) is 109 cm³/mol. The summed E-state index contributed by atoms with van der Waals surface area (Å²) < 4.78 is 5.21. The van der Waals surface area contributed by atoms with Gasteiger partial charge >= 0.3 is 0 Å². The summed E-state index contributed by atoms with van der Waals surface area (Å²) in [6, 6.07) is 12.0. The van der Waals surface area contributed by atoms with Crippen LogP contribution in [0.5, 0.6) is 5.75 Å². The maximum absolute atomic E-state index is 12.3. The van der Waals surface area contributed by atoms with Crippen molar-refractivity contribution in [2.45, 2.75) is 6.92 Å². The standard InChI is InChI=1S/C19H21Cl2N3O3/c1-3-24(11-18(25)22-13-8-9-14(20)15(21)10-13)12-19(26)23-16-6-4-5-7-17(16)27-2/h4-10H,3,11-12H2,1-2H3,(H,22,25)(H,23,26). The molecule has 2 aromatic carbocycles.